The molecule has 0 aliphatic heterocycles. The monoisotopic (exact) mass is 448 g/mol. The van der Waals surface area contributed by atoms with E-state index in [0.29, 0.717) is 0 Å². The van der Waals surface area contributed by atoms with E-state index >= 15 is 0 Å². The normalized spacial score (nSPS) is 12.6. The summed E-state index contributed by atoms with van der Waals surface area (Å²) in [5.41, 5.74) is 3.35. The smallest absolute Gasteiger partial charge is 0.402 e. The molecule has 0 fully saturated rings. The van der Waals surface area contributed by atoms with Crippen molar-refractivity contribution in [2.45, 2.75) is 0 Å². The summed E-state index contributed by atoms with van der Waals surface area (Å²) >= 11 is 0. The van der Waals surface area contributed by atoms with Crippen LogP contribution in [0.3, 0.4) is 0 Å². The van der Waals surface area contributed by atoms with Gasteiger partial charge in [0.05, 0.1) is 0 Å². The van der Waals surface area contributed by atoms with Gasteiger partial charge in [0.2, 0.25) is 0 Å². The molecule has 2 aromatic carbocycles. The molecule has 156 valence electrons. The van der Waals surface area contributed by atoms with Gasteiger partial charge in [-0.1, -0.05) is 60.7 Å². The van der Waals surface area contributed by atoms with Crippen LogP contribution in [0.2, 0.25) is 0 Å². The molecule has 2 aromatic rings. The lowest BCUT2D eigenvalue weighted by Gasteiger charge is -2.41. The molecule has 0 amide bonds. The van der Waals surface area contributed by atoms with Crippen LogP contribution in [0.25, 0.3) is 0 Å². The maximum atomic E-state index is 6.80. The van der Waals surface area contributed by atoms with E-state index in [2.05, 4.69) is 13.2 Å². The average molecular weight is 449 g/mol. The Morgan fingerprint density at radius 1 is 0.621 bits per heavy atom. The third-order valence-electron chi connectivity index (χ3n) is 4.52. The molecule has 0 unspecified atom stereocenters. The maximum absolute atomic E-state index is 6.80. The SMILES string of the molecule is C=C[Si](C=C)(OC)O[Si](O[Si](OC)(OC)OC)(c1ccccc1)c1ccccc1. The van der Waals surface area contributed by atoms with Crippen molar-refractivity contribution in [3.63, 3.8) is 0 Å². The van der Waals surface area contributed by atoms with Crippen LogP contribution in [0.5, 0.6) is 0 Å². The molecule has 0 radical (unpaired) electrons. The van der Waals surface area contributed by atoms with E-state index in [1.807, 2.05) is 60.7 Å². The van der Waals surface area contributed by atoms with Crippen molar-refractivity contribution in [3.8, 4) is 0 Å². The topological polar surface area (TPSA) is 55.4 Å². The Morgan fingerprint density at radius 3 is 1.34 bits per heavy atom. The van der Waals surface area contributed by atoms with E-state index in [-0.39, 0.29) is 0 Å². The zero-order valence-electron chi connectivity index (χ0n) is 17.3. The van der Waals surface area contributed by atoms with Gasteiger partial charge in [0.15, 0.2) is 0 Å². The molecule has 0 N–H and O–H groups in total. The van der Waals surface area contributed by atoms with Crippen LogP contribution >= 0.6 is 0 Å². The van der Waals surface area contributed by atoms with Crippen molar-refractivity contribution in [2.24, 2.45) is 0 Å². The Morgan fingerprint density at radius 2 is 1.03 bits per heavy atom. The quantitative estimate of drug-likeness (QED) is 0.464. The minimum atomic E-state index is -3.52. The van der Waals surface area contributed by atoms with Gasteiger partial charge in [-0.3, -0.25) is 0 Å². The molecule has 0 spiro atoms. The van der Waals surface area contributed by atoms with Crippen LogP contribution in [-0.4, -0.2) is 54.6 Å². The predicted octanol–water partition coefficient (Wildman–Crippen LogP) is 2.19. The van der Waals surface area contributed by atoms with E-state index in [9.17, 15) is 0 Å². The van der Waals surface area contributed by atoms with Gasteiger partial charge >= 0.3 is 26.2 Å². The van der Waals surface area contributed by atoms with Gasteiger partial charge in [-0.15, -0.1) is 13.2 Å². The Kier molecular flexibility index (Phi) is 8.46. The molecular formula is C20H28O6Si3. The van der Waals surface area contributed by atoms with Gasteiger partial charge in [-0.25, -0.2) is 0 Å². The lowest BCUT2D eigenvalue weighted by atomic mass is 10.4. The number of benzene rings is 2. The second-order valence-corrected chi connectivity index (χ2v) is 14.9. The van der Waals surface area contributed by atoms with E-state index in [1.54, 1.807) is 18.5 Å². The zero-order valence-corrected chi connectivity index (χ0v) is 20.3. The first-order chi connectivity index (χ1) is 14.0. The number of rotatable bonds is 12. The van der Waals surface area contributed by atoms with Gasteiger partial charge in [0.1, 0.15) is 0 Å². The summed E-state index contributed by atoms with van der Waals surface area (Å²) in [6, 6.07) is 19.4. The Hall–Kier alpha value is -1.67. The summed E-state index contributed by atoms with van der Waals surface area (Å²) in [5, 5.41) is 1.71. The zero-order chi connectivity index (χ0) is 21.4. The van der Waals surface area contributed by atoms with E-state index in [0.717, 1.165) is 10.4 Å². The highest BCUT2D eigenvalue weighted by atomic mass is 28.5. The Balaban J connectivity index is 2.82. The molecule has 0 heterocycles. The van der Waals surface area contributed by atoms with Gasteiger partial charge in [-0.2, -0.15) is 0 Å². The molecule has 6 nitrogen and oxygen atoms in total. The lowest BCUT2D eigenvalue weighted by Crippen LogP contribution is -2.73. The van der Waals surface area contributed by atoms with Gasteiger partial charge in [0.25, 0.3) is 0 Å². The molecule has 0 bridgehead atoms. The fourth-order valence-electron chi connectivity index (χ4n) is 2.89. The third-order valence-corrected chi connectivity index (χ3v) is 14.6. The highest BCUT2D eigenvalue weighted by Gasteiger charge is 2.58. The molecule has 9 heteroatoms. The molecule has 0 aromatic heterocycles. The van der Waals surface area contributed by atoms with Crippen molar-refractivity contribution in [1.82, 2.24) is 0 Å². The molecule has 0 saturated carbocycles. The van der Waals surface area contributed by atoms with Crippen molar-refractivity contribution >= 4 is 36.5 Å². The average Bonchev–Trinajstić information content (AvgIpc) is 2.81. The van der Waals surface area contributed by atoms with Gasteiger partial charge < -0.3 is 25.9 Å². The lowest BCUT2D eigenvalue weighted by molar-refractivity contribution is 0.0423. The van der Waals surface area contributed by atoms with E-state index in [1.165, 1.54) is 21.3 Å². The fraction of sp³-hybridized carbons (Fsp3) is 0.200. The summed E-state index contributed by atoms with van der Waals surface area (Å²) in [5.74, 6) is 0. The summed E-state index contributed by atoms with van der Waals surface area (Å²) in [6.07, 6.45) is 0. The third kappa shape index (κ3) is 4.91. The van der Waals surface area contributed by atoms with Crippen LogP contribution in [0.1, 0.15) is 0 Å². The van der Waals surface area contributed by atoms with E-state index in [4.69, 9.17) is 25.9 Å². The Bertz CT molecular complexity index is 728. The summed E-state index contributed by atoms with van der Waals surface area (Å²) < 4.78 is 36.0. The van der Waals surface area contributed by atoms with Crippen molar-refractivity contribution < 1.29 is 25.9 Å². The van der Waals surface area contributed by atoms with Crippen molar-refractivity contribution in [3.05, 3.63) is 85.2 Å². The molecule has 0 atom stereocenters. The highest BCUT2D eigenvalue weighted by molar-refractivity contribution is 7.02. The van der Waals surface area contributed by atoms with Crippen molar-refractivity contribution in [2.75, 3.05) is 28.4 Å². The molecule has 2 rings (SSSR count). The summed E-state index contributed by atoms with van der Waals surface area (Å²) in [7, 11) is -3.95. The Labute approximate surface area is 176 Å². The molecule has 0 saturated heterocycles. The molecule has 0 aliphatic rings. The van der Waals surface area contributed by atoms with Crippen LogP contribution in [0.15, 0.2) is 85.2 Å². The van der Waals surface area contributed by atoms with Crippen LogP contribution in [0.4, 0.5) is 0 Å². The molecule has 0 aliphatic carbocycles. The van der Waals surface area contributed by atoms with Crippen LogP contribution in [0, 0.1) is 0 Å². The van der Waals surface area contributed by atoms with E-state index < -0.39 is 26.2 Å². The second kappa shape index (κ2) is 10.4. The maximum Gasteiger partial charge on any atom is 0.670 e. The first-order valence-corrected chi connectivity index (χ1v) is 14.4. The fourth-order valence-corrected chi connectivity index (χ4v) is 13.1. The second-order valence-electron chi connectivity index (χ2n) is 6.00. The van der Waals surface area contributed by atoms with Crippen molar-refractivity contribution in [1.29, 1.82) is 0 Å². The van der Waals surface area contributed by atoms with Crippen LogP contribution in [-0.2, 0) is 25.9 Å². The first-order valence-electron chi connectivity index (χ1n) is 8.98. The standard InChI is InChI=1S/C20H28O6Si3/c1-7-27(8-2,21-3)25-28(19-15-11-9-12-16-19,20-17-13-10-14-18-20)26-29(22-4,23-5)24-6/h7-18H,1-2H2,3-6H3. The summed E-state index contributed by atoms with van der Waals surface area (Å²) in [6.45, 7) is 7.86. The summed E-state index contributed by atoms with van der Waals surface area (Å²) in [4.78, 5) is 0. The largest absolute Gasteiger partial charge is 0.670 e. The predicted molar refractivity (Wildman–Crippen MR) is 120 cm³/mol. The minimum Gasteiger partial charge on any atom is -0.402 e. The highest BCUT2D eigenvalue weighted by Crippen LogP contribution is 2.24. The van der Waals surface area contributed by atoms with Crippen LogP contribution < -0.4 is 10.4 Å². The minimum absolute atomic E-state index is 0.854. The number of hydrogen-bond acceptors (Lipinski definition) is 6. The molecule has 29 heavy (non-hydrogen) atoms. The number of hydrogen-bond donors (Lipinski definition) is 0. The molecular weight excluding hydrogens is 420 g/mol. The first kappa shape index (κ1) is 23.6. The van der Waals surface area contributed by atoms with Gasteiger partial charge in [-0.05, 0) is 21.8 Å². The van der Waals surface area contributed by atoms with Gasteiger partial charge in [0, 0.05) is 28.4 Å².